The normalized spacial score (nSPS) is 14.9. The Bertz CT molecular complexity index is 811. The van der Waals surface area contributed by atoms with E-state index in [1.54, 1.807) is 11.3 Å². The fourth-order valence-corrected chi connectivity index (χ4v) is 3.95. The molecule has 1 aliphatic carbocycles. The molecule has 5 heteroatoms. The van der Waals surface area contributed by atoms with Crippen LogP contribution in [0, 0.1) is 0 Å². The number of aromatic nitrogens is 2. The van der Waals surface area contributed by atoms with Gasteiger partial charge < -0.3 is 0 Å². The van der Waals surface area contributed by atoms with E-state index in [1.807, 2.05) is 12.1 Å². The molecule has 4 rings (SSSR count). The summed E-state index contributed by atoms with van der Waals surface area (Å²) >= 11 is 11.5. The minimum absolute atomic E-state index is 0.507. The molecule has 0 unspecified atom stereocenters. The number of fused-ring (bicyclic) bond motifs is 1. The SMILES string of the molecule is Clc1nc(-c2csc3ccccc23)nc(C2CC2)c1Br. The highest BCUT2D eigenvalue weighted by molar-refractivity contribution is 9.10. The van der Waals surface area contributed by atoms with Gasteiger partial charge in [0, 0.05) is 26.9 Å². The van der Waals surface area contributed by atoms with E-state index >= 15 is 0 Å². The minimum atomic E-state index is 0.507. The van der Waals surface area contributed by atoms with Gasteiger partial charge >= 0.3 is 0 Å². The minimum Gasteiger partial charge on any atom is -0.231 e. The number of benzene rings is 1. The zero-order valence-corrected chi connectivity index (χ0v) is 13.6. The molecule has 2 heterocycles. The predicted octanol–water partition coefficient (Wildman–Crippen LogP) is 5.65. The molecule has 2 nitrogen and oxygen atoms in total. The van der Waals surface area contributed by atoms with Crippen LogP contribution in [0.1, 0.15) is 24.5 Å². The highest BCUT2D eigenvalue weighted by Gasteiger charge is 2.29. The summed E-state index contributed by atoms with van der Waals surface area (Å²) in [6.45, 7) is 0. The molecule has 2 aromatic heterocycles. The summed E-state index contributed by atoms with van der Waals surface area (Å²) in [5.74, 6) is 1.27. The molecule has 0 radical (unpaired) electrons. The van der Waals surface area contributed by atoms with Crippen LogP contribution in [0.5, 0.6) is 0 Å². The number of nitrogens with zero attached hydrogens (tertiary/aromatic N) is 2. The first kappa shape index (κ1) is 12.7. The largest absolute Gasteiger partial charge is 0.231 e. The number of thiophene rings is 1. The number of halogens is 2. The lowest BCUT2D eigenvalue weighted by molar-refractivity contribution is 0.981. The van der Waals surface area contributed by atoms with Crippen LogP contribution < -0.4 is 0 Å². The highest BCUT2D eigenvalue weighted by Crippen LogP contribution is 2.44. The van der Waals surface area contributed by atoms with Gasteiger partial charge in [0.15, 0.2) is 5.82 Å². The van der Waals surface area contributed by atoms with Crippen LogP contribution in [-0.4, -0.2) is 9.97 Å². The van der Waals surface area contributed by atoms with Gasteiger partial charge in [0.2, 0.25) is 0 Å². The van der Waals surface area contributed by atoms with Gasteiger partial charge in [-0.1, -0.05) is 29.8 Å². The molecule has 0 N–H and O–H groups in total. The van der Waals surface area contributed by atoms with E-state index in [4.69, 9.17) is 16.6 Å². The monoisotopic (exact) mass is 364 g/mol. The molecule has 0 amide bonds. The lowest BCUT2D eigenvalue weighted by Crippen LogP contribution is -1.96. The molecule has 0 bridgehead atoms. The molecule has 20 heavy (non-hydrogen) atoms. The van der Waals surface area contributed by atoms with Crippen molar-refractivity contribution in [3.8, 4) is 11.4 Å². The van der Waals surface area contributed by atoms with Gasteiger partial charge in [0.05, 0.1) is 10.2 Å². The lowest BCUT2D eigenvalue weighted by atomic mass is 10.1. The van der Waals surface area contributed by atoms with Crippen molar-refractivity contribution < 1.29 is 0 Å². The summed E-state index contributed by atoms with van der Waals surface area (Å²) in [5, 5.41) is 3.81. The molecule has 1 saturated carbocycles. The number of rotatable bonds is 2. The first-order chi connectivity index (χ1) is 9.74. The molecule has 0 atom stereocenters. The highest BCUT2D eigenvalue weighted by atomic mass is 79.9. The van der Waals surface area contributed by atoms with Crippen LogP contribution >= 0.6 is 38.9 Å². The molecule has 1 aliphatic rings. The van der Waals surface area contributed by atoms with Gasteiger partial charge in [-0.25, -0.2) is 9.97 Å². The first-order valence-corrected chi connectivity index (χ1v) is 8.48. The second-order valence-electron chi connectivity index (χ2n) is 4.96. The van der Waals surface area contributed by atoms with Crippen LogP contribution in [0.3, 0.4) is 0 Å². The Labute approximate surface area is 134 Å². The predicted molar refractivity (Wildman–Crippen MR) is 87.5 cm³/mol. The second kappa shape index (κ2) is 4.79. The van der Waals surface area contributed by atoms with Gasteiger partial charge in [-0.05, 0) is 34.8 Å². The average Bonchev–Trinajstić information content (AvgIpc) is 3.21. The zero-order chi connectivity index (χ0) is 13.7. The molecule has 0 spiro atoms. The summed E-state index contributed by atoms with van der Waals surface area (Å²) in [6.07, 6.45) is 2.38. The van der Waals surface area contributed by atoms with Crippen LogP contribution in [0.15, 0.2) is 34.1 Å². The van der Waals surface area contributed by atoms with E-state index in [-0.39, 0.29) is 0 Å². The Balaban J connectivity index is 1.94. The van der Waals surface area contributed by atoms with Gasteiger partial charge in [-0.2, -0.15) is 0 Å². The fraction of sp³-hybridized carbons (Fsp3) is 0.200. The van der Waals surface area contributed by atoms with Crippen molar-refractivity contribution in [3.05, 3.63) is 45.0 Å². The molecule has 100 valence electrons. The van der Waals surface area contributed by atoms with Crippen molar-refractivity contribution in [2.24, 2.45) is 0 Å². The van der Waals surface area contributed by atoms with Crippen LogP contribution in [0.2, 0.25) is 5.15 Å². The smallest absolute Gasteiger partial charge is 0.162 e. The summed E-state index contributed by atoms with van der Waals surface area (Å²) in [6, 6.07) is 8.32. The van der Waals surface area contributed by atoms with Crippen molar-refractivity contribution in [2.45, 2.75) is 18.8 Å². The molecular formula is C15H10BrClN2S. The van der Waals surface area contributed by atoms with E-state index in [0.29, 0.717) is 11.1 Å². The van der Waals surface area contributed by atoms with Gasteiger partial charge in [0.1, 0.15) is 5.15 Å². The topological polar surface area (TPSA) is 25.8 Å². The Hall–Kier alpha value is -0.970. The lowest BCUT2D eigenvalue weighted by Gasteiger charge is -2.06. The van der Waals surface area contributed by atoms with Gasteiger partial charge in [0.25, 0.3) is 0 Å². The molecule has 0 aliphatic heterocycles. The summed E-state index contributed by atoms with van der Waals surface area (Å²) in [7, 11) is 0. The average molecular weight is 366 g/mol. The third-order valence-corrected chi connectivity index (χ3v) is 5.77. The second-order valence-corrected chi connectivity index (χ2v) is 7.02. The van der Waals surface area contributed by atoms with Gasteiger partial charge in [-0.3, -0.25) is 0 Å². The summed E-state index contributed by atoms with van der Waals surface area (Å²) in [5.41, 5.74) is 2.12. The summed E-state index contributed by atoms with van der Waals surface area (Å²) in [4.78, 5) is 9.20. The van der Waals surface area contributed by atoms with Crippen LogP contribution in [0.4, 0.5) is 0 Å². The molecule has 3 aromatic rings. The van der Waals surface area contributed by atoms with E-state index in [1.165, 1.54) is 22.9 Å². The molecule has 1 aromatic carbocycles. The quantitative estimate of drug-likeness (QED) is 0.548. The zero-order valence-electron chi connectivity index (χ0n) is 10.4. The fourth-order valence-electron chi connectivity index (χ4n) is 2.33. The Morgan fingerprint density at radius 2 is 2.00 bits per heavy atom. The third-order valence-electron chi connectivity index (χ3n) is 3.52. The van der Waals surface area contributed by atoms with Crippen molar-refractivity contribution in [3.63, 3.8) is 0 Å². The van der Waals surface area contributed by atoms with Crippen molar-refractivity contribution in [2.75, 3.05) is 0 Å². The van der Waals surface area contributed by atoms with E-state index < -0.39 is 0 Å². The molecule has 1 fully saturated rings. The van der Waals surface area contributed by atoms with Crippen molar-refractivity contribution in [1.82, 2.24) is 9.97 Å². The number of hydrogen-bond acceptors (Lipinski definition) is 3. The van der Waals surface area contributed by atoms with Crippen LogP contribution in [-0.2, 0) is 0 Å². The summed E-state index contributed by atoms with van der Waals surface area (Å²) < 4.78 is 2.10. The molecular weight excluding hydrogens is 356 g/mol. The third kappa shape index (κ3) is 2.07. The van der Waals surface area contributed by atoms with E-state index in [2.05, 4.69) is 38.4 Å². The maximum Gasteiger partial charge on any atom is 0.162 e. The van der Waals surface area contributed by atoms with Gasteiger partial charge in [-0.15, -0.1) is 11.3 Å². The number of hydrogen-bond donors (Lipinski definition) is 0. The van der Waals surface area contributed by atoms with Crippen LogP contribution in [0.25, 0.3) is 21.5 Å². The van der Waals surface area contributed by atoms with E-state index in [9.17, 15) is 0 Å². The van der Waals surface area contributed by atoms with E-state index in [0.717, 1.165) is 21.6 Å². The Morgan fingerprint density at radius 3 is 2.80 bits per heavy atom. The van der Waals surface area contributed by atoms with Crippen molar-refractivity contribution >= 4 is 49.0 Å². The maximum atomic E-state index is 6.26. The maximum absolute atomic E-state index is 6.26. The Kier molecular flexibility index (Phi) is 3.05. The Morgan fingerprint density at radius 1 is 1.20 bits per heavy atom. The standard InChI is InChI=1S/C15H10BrClN2S/c16-12-13(8-5-6-8)18-15(19-14(12)17)10-7-20-11-4-2-1-3-9(10)11/h1-4,7-8H,5-6H2. The van der Waals surface area contributed by atoms with Crippen molar-refractivity contribution in [1.29, 1.82) is 0 Å². The first-order valence-electron chi connectivity index (χ1n) is 6.43. The molecule has 0 saturated heterocycles.